The summed E-state index contributed by atoms with van der Waals surface area (Å²) >= 11 is 0. The Morgan fingerprint density at radius 3 is 2.50 bits per heavy atom. The summed E-state index contributed by atoms with van der Waals surface area (Å²) in [5.74, 6) is 0.997. The molecular formula is C16H22N2O2. The van der Waals surface area contributed by atoms with Crippen molar-refractivity contribution in [2.75, 3.05) is 14.2 Å². The Labute approximate surface area is 120 Å². The molecule has 1 aliphatic heterocycles. The van der Waals surface area contributed by atoms with E-state index in [1.54, 1.807) is 12.0 Å². The largest absolute Gasteiger partial charge is 0.483 e. The van der Waals surface area contributed by atoms with Gasteiger partial charge in [-0.1, -0.05) is 44.2 Å². The molecule has 2 atom stereocenters. The van der Waals surface area contributed by atoms with Crippen molar-refractivity contribution < 1.29 is 9.53 Å². The van der Waals surface area contributed by atoms with Crippen molar-refractivity contribution in [2.45, 2.75) is 32.4 Å². The van der Waals surface area contributed by atoms with Gasteiger partial charge in [-0.15, -0.1) is 0 Å². The van der Waals surface area contributed by atoms with Gasteiger partial charge in [-0.3, -0.25) is 4.79 Å². The average molecular weight is 274 g/mol. The minimum atomic E-state index is -0.382. The number of ether oxygens (including phenoxy) is 1. The lowest BCUT2D eigenvalue weighted by Gasteiger charge is -2.37. The molecule has 0 fully saturated rings. The summed E-state index contributed by atoms with van der Waals surface area (Å²) in [5.41, 5.74) is 1.11. The maximum atomic E-state index is 12.5. The Kier molecular flexibility index (Phi) is 4.42. The van der Waals surface area contributed by atoms with Crippen LogP contribution in [0.3, 0.4) is 0 Å². The molecule has 0 unspecified atom stereocenters. The molecule has 108 valence electrons. The van der Waals surface area contributed by atoms with Gasteiger partial charge >= 0.3 is 0 Å². The highest BCUT2D eigenvalue weighted by Gasteiger charge is 2.37. The number of benzene rings is 1. The van der Waals surface area contributed by atoms with Gasteiger partial charge in [-0.25, -0.2) is 4.99 Å². The topological polar surface area (TPSA) is 41.9 Å². The van der Waals surface area contributed by atoms with Gasteiger partial charge in [-0.05, 0) is 11.5 Å². The molecule has 0 saturated carbocycles. The van der Waals surface area contributed by atoms with Crippen LogP contribution in [0.2, 0.25) is 0 Å². The molecule has 0 bridgehead atoms. The minimum absolute atomic E-state index is 0.0633. The summed E-state index contributed by atoms with van der Waals surface area (Å²) in [7, 11) is 3.45. The lowest BCUT2D eigenvalue weighted by molar-refractivity contribution is -0.134. The van der Waals surface area contributed by atoms with Crippen molar-refractivity contribution in [1.29, 1.82) is 0 Å². The van der Waals surface area contributed by atoms with Crippen LogP contribution in [0.15, 0.2) is 35.3 Å². The Morgan fingerprint density at radius 1 is 1.30 bits per heavy atom. The van der Waals surface area contributed by atoms with Gasteiger partial charge < -0.3 is 9.64 Å². The van der Waals surface area contributed by atoms with Gasteiger partial charge in [-0.2, -0.15) is 0 Å². The number of carbonyl (C=O) groups is 1. The van der Waals surface area contributed by atoms with Crippen LogP contribution in [0, 0.1) is 5.92 Å². The first-order valence-corrected chi connectivity index (χ1v) is 6.97. The van der Waals surface area contributed by atoms with E-state index < -0.39 is 0 Å². The number of nitrogens with zero attached hydrogens (tertiary/aromatic N) is 2. The first-order valence-electron chi connectivity index (χ1n) is 6.97. The highest BCUT2D eigenvalue weighted by Crippen LogP contribution is 2.21. The summed E-state index contributed by atoms with van der Waals surface area (Å²) in [6.45, 7) is 4.14. The van der Waals surface area contributed by atoms with Gasteiger partial charge in [0.2, 0.25) is 11.8 Å². The third kappa shape index (κ3) is 2.84. The molecular weight excluding hydrogens is 252 g/mol. The van der Waals surface area contributed by atoms with Crippen LogP contribution < -0.4 is 0 Å². The summed E-state index contributed by atoms with van der Waals surface area (Å²) in [4.78, 5) is 18.8. The van der Waals surface area contributed by atoms with E-state index in [1.807, 2.05) is 37.4 Å². The van der Waals surface area contributed by atoms with Crippen LogP contribution in [0.25, 0.3) is 0 Å². The van der Waals surface area contributed by atoms with Crippen LogP contribution in [-0.2, 0) is 16.0 Å². The number of amides is 1. The third-order valence-electron chi connectivity index (χ3n) is 3.70. The molecule has 4 nitrogen and oxygen atoms in total. The molecule has 0 aromatic heterocycles. The van der Waals surface area contributed by atoms with Crippen LogP contribution >= 0.6 is 0 Å². The third-order valence-corrected chi connectivity index (χ3v) is 3.70. The molecule has 2 rings (SSSR count). The van der Waals surface area contributed by atoms with Crippen LogP contribution in [-0.4, -0.2) is 42.9 Å². The van der Waals surface area contributed by atoms with E-state index in [0.29, 0.717) is 12.3 Å². The molecule has 1 heterocycles. The van der Waals surface area contributed by atoms with Crippen LogP contribution in [0.5, 0.6) is 0 Å². The van der Waals surface area contributed by atoms with E-state index in [4.69, 9.17) is 4.74 Å². The van der Waals surface area contributed by atoms with E-state index in [1.165, 1.54) is 0 Å². The van der Waals surface area contributed by atoms with Gasteiger partial charge in [0, 0.05) is 13.5 Å². The first kappa shape index (κ1) is 14.6. The fourth-order valence-electron chi connectivity index (χ4n) is 2.70. The van der Waals surface area contributed by atoms with E-state index in [2.05, 4.69) is 18.8 Å². The van der Waals surface area contributed by atoms with Crippen LogP contribution in [0.4, 0.5) is 0 Å². The molecule has 1 aromatic rings. The van der Waals surface area contributed by atoms with Gasteiger partial charge in [0.25, 0.3) is 0 Å². The normalized spacial score (nSPS) is 22.9. The summed E-state index contributed by atoms with van der Waals surface area (Å²) < 4.78 is 5.41. The predicted molar refractivity (Wildman–Crippen MR) is 79.8 cm³/mol. The van der Waals surface area contributed by atoms with E-state index >= 15 is 0 Å². The minimum Gasteiger partial charge on any atom is -0.483 e. The molecule has 1 aromatic carbocycles. The SMILES string of the molecule is COC1=N[C@H](Cc2ccccc2)C(=O)N(C)[C@H]1C(C)C. The second-order valence-electron chi connectivity index (χ2n) is 5.51. The zero-order valence-electron chi connectivity index (χ0n) is 12.5. The molecule has 0 saturated heterocycles. The monoisotopic (exact) mass is 274 g/mol. The van der Waals surface area contributed by atoms with Gasteiger partial charge in [0.15, 0.2) is 0 Å². The fourth-order valence-corrected chi connectivity index (χ4v) is 2.70. The predicted octanol–water partition coefficient (Wildman–Crippen LogP) is 2.14. The molecule has 0 spiro atoms. The Morgan fingerprint density at radius 2 is 1.95 bits per heavy atom. The van der Waals surface area contributed by atoms with Crippen LogP contribution in [0.1, 0.15) is 19.4 Å². The van der Waals surface area contributed by atoms with E-state index in [9.17, 15) is 4.79 Å². The van der Waals surface area contributed by atoms with Crippen molar-refractivity contribution in [3.63, 3.8) is 0 Å². The highest BCUT2D eigenvalue weighted by atomic mass is 16.5. The lowest BCUT2D eigenvalue weighted by Crippen LogP contribution is -2.54. The van der Waals surface area contributed by atoms with Crippen molar-refractivity contribution in [3.05, 3.63) is 35.9 Å². The molecule has 1 amide bonds. The average Bonchev–Trinajstić information content (AvgIpc) is 2.44. The number of methoxy groups -OCH3 is 1. The quantitative estimate of drug-likeness (QED) is 0.847. The maximum Gasteiger partial charge on any atom is 0.248 e. The second-order valence-corrected chi connectivity index (χ2v) is 5.51. The Hall–Kier alpha value is -1.84. The molecule has 0 N–H and O–H groups in total. The molecule has 1 aliphatic rings. The number of hydrogen-bond acceptors (Lipinski definition) is 3. The van der Waals surface area contributed by atoms with Crippen molar-refractivity contribution in [2.24, 2.45) is 10.9 Å². The van der Waals surface area contributed by atoms with E-state index in [-0.39, 0.29) is 23.9 Å². The number of carbonyl (C=O) groups excluding carboxylic acids is 1. The number of hydrogen-bond donors (Lipinski definition) is 0. The van der Waals surface area contributed by atoms with Crippen molar-refractivity contribution >= 4 is 11.8 Å². The van der Waals surface area contributed by atoms with Gasteiger partial charge in [0.1, 0.15) is 12.1 Å². The molecule has 0 aliphatic carbocycles. The zero-order valence-corrected chi connectivity index (χ0v) is 12.5. The standard InChI is InChI=1S/C16H22N2O2/c1-11(2)14-15(20-4)17-13(16(19)18(14)3)10-12-8-6-5-7-9-12/h5-9,11,13-14H,10H2,1-4H3/t13-,14+/m1/s1. The highest BCUT2D eigenvalue weighted by molar-refractivity contribution is 5.95. The lowest BCUT2D eigenvalue weighted by atomic mass is 9.97. The number of likely N-dealkylation sites (N-methyl/N-ethyl adjacent to an activating group) is 1. The van der Waals surface area contributed by atoms with E-state index in [0.717, 1.165) is 5.56 Å². The number of aliphatic imine (C=N–C) groups is 1. The Balaban J connectivity index is 2.26. The first-order chi connectivity index (χ1) is 9.54. The second kappa shape index (κ2) is 6.07. The maximum absolute atomic E-state index is 12.5. The summed E-state index contributed by atoms with van der Waals surface area (Å²) in [6, 6.07) is 9.51. The number of rotatable bonds is 3. The molecule has 20 heavy (non-hydrogen) atoms. The molecule has 4 heteroatoms. The Bertz CT molecular complexity index is 496. The zero-order chi connectivity index (χ0) is 14.7. The molecule has 0 radical (unpaired) electrons. The summed E-state index contributed by atoms with van der Waals surface area (Å²) in [5, 5.41) is 0. The summed E-state index contributed by atoms with van der Waals surface area (Å²) in [6.07, 6.45) is 0.613. The van der Waals surface area contributed by atoms with Crippen molar-refractivity contribution in [3.8, 4) is 0 Å². The van der Waals surface area contributed by atoms with Crippen molar-refractivity contribution in [1.82, 2.24) is 4.90 Å². The smallest absolute Gasteiger partial charge is 0.248 e. The fraction of sp³-hybridized carbons (Fsp3) is 0.500. The van der Waals surface area contributed by atoms with Gasteiger partial charge in [0.05, 0.1) is 7.11 Å².